The summed E-state index contributed by atoms with van der Waals surface area (Å²) in [5.41, 5.74) is 0. The molecule has 1 fully saturated rings. The Bertz CT molecular complexity index is 610. The third-order valence-electron chi connectivity index (χ3n) is 3.30. The summed E-state index contributed by atoms with van der Waals surface area (Å²) >= 11 is 0. The fourth-order valence-corrected chi connectivity index (χ4v) is 4.83. The summed E-state index contributed by atoms with van der Waals surface area (Å²) in [7, 11) is -6.52. The second kappa shape index (κ2) is 5.26. The average molecular weight is 307 g/mol. The van der Waals surface area contributed by atoms with Gasteiger partial charge in [0.25, 0.3) is 0 Å². The molecule has 0 aromatic carbocycles. The minimum Gasteiger partial charge on any atom is -0.468 e. The van der Waals surface area contributed by atoms with E-state index in [1.807, 2.05) is 0 Å². The highest BCUT2D eigenvalue weighted by atomic mass is 32.2. The lowest BCUT2D eigenvalue weighted by atomic mass is 10.2. The molecule has 0 radical (unpaired) electrons. The second-order valence-corrected chi connectivity index (χ2v) is 9.01. The zero-order valence-corrected chi connectivity index (χ0v) is 12.3. The van der Waals surface area contributed by atoms with E-state index in [0.29, 0.717) is 18.6 Å². The lowest BCUT2D eigenvalue weighted by molar-refractivity contribution is 0.347. The summed E-state index contributed by atoms with van der Waals surface area (Å²) in [4.78, 5) is 0. The van der Waals surface area contributed by atoms with Gasteiger partial charge in [0.15, 0.2) is 9.84 Å². The van der Waals surface area contributed by atoms with E-state index in [4.69, 9.17) is 4.42 Å². The number of piperidine rings is 1. The van der Waals surface area contributed by atoms with Crippen molar-refractivity contribution in [1.82, 2.24) is 4.31 Å². The molecule has 1 saturated heterocycles. The first-order chi connectivity index (χ1) is 8.79. The molecule has 0 saturated carbocycles. The van der Waals surface area contributed by atoms with Crippen molar-refractivity contribution in [2.75, 3.05) is 19.3 Å². The van der Waals surface area contributed by atoms with Crippen molar-refractivity contribution < 1.29 is 21.3 Å². The SMILES string of the molecule is CS(=O)(=O)N1CCC(S(=O)(=O)Cc2ccco2)CC1. The summed E-state index contributed by atoms with van der Waals surface area (Å²) in [5, 5.41) is -0.490. The van der Waals surface area contributed by atoms with Crippen LogP contribution in [0.1, 0.15) is 18.6 Å². The Kier molecular flexibility index (Phi) is 4.03. The van der Waals surface area contributed by atoms with E-state index in [1.165, 1.54) is 10.6 Å². The van der Waals surface area contributed by atoms with Crippen molar-refractivity contribution in [3.63, 3.8) is 0 Å². The van der Waals surface area contributed by atoms with Gasteiger partial charge < -0.3 is 4.42 Å². The van der Waals surface area contributed by atoms with Crippen molar-refractivity contribution in [3.8, 4) is 0 Å². The molecule has 1 aliphatic rings. The average Bonchev–Trinajstić information content (AvgIpc) is 2.80. The molecule has 1 aromatic heterocycles. The highest BCUT2D eigenvalue weighted by Gasteiger charge is 2.33. The molecule has 2 rings (SSSR count). The fraction of sp³-hybridized carbons (Fsp3) is 0.636. The molecule has 108 valence electrons. The molecule has 6 nitrogen and oxygen atoms in total. The largest absolute Gasteiger partial charge is 0.468 e. The second-order valence-electron chi connectivity index (χ2n) is 4.75. The van der Waals surface area contributed by atoms with Gasteiger partial charge in [-0.2, -0.15) is 0 Å². The minimum absolute atomic E-state index is 0.121. The van der Waals surface area contributed by atoms with Crippen molar-refractivity contribution in [2.45, 2.75) is 23.8 Å². The summed E-state index contributed by atoms with van der Waals surface area (Å²) < 4.78 is 53.5. The summed E-state index contributed by atoms with van der Waals surface area (Å²) in [6, 6.07) is 3.28. The van der Waals surface area contributed by atoms with Crippen LogP contribution in [-0.2, 0) is 25.6 Å². The maximum absolute atomic E-state index is 12.2. The topological polar surface area (TPSA) is 84.7 Å². The van der Waals surface area contributed by atoms with Gasteiger partial charge in [0, 0.05) is 13.1 Å². The Morgan fingerprint density at radius 3 is 2.37 bits per heavy atom. The molecule has 0 atom stereocenters. The zero-order valence-electron chi connectivity index (χ0n) is 10.6. The van der Waals surface area contributed by atoms with E-state index in [9.17, 15) is 16.8 Å². The van der Waals surface area contributed by atoms with E-state index in [-0.39, 0.29) is 18.8 Å². The van der Waals surface area contributed by atoms with E-state index >= 15 is 0 Å². The maximum atomic E-state index is 12.2. The van der Waals surface area contributed by atoms with Gasteiger partial charge in [-0.05, 0) is 25.0 Å². The van der Waals surface area contributed by atoms with E-state index in [1.54, 1.807) is 12.1 Å². The number of furan rings is 1. The lowest BCUT2D eigenvalue weighted by Crippen LogP contribution is -2.42. The van der Waals surface area contributed by atoms with Crippen LogP contribution in [0.2, 0.25) is 0 Å². The monoisotopic (exact) mass is 307 g/mol. The molecular formula is C11H17NO5S2. The van der Waals surface area contributed by atoms with Crippen LogP contribution in [0, 0.1) is 0 Å². The van der Waals surface area contributed by atoms with Gasteiger partial charge in [0.2, 0.25) is 10.0 Å². The van der Waals surface area contributed by atoms with E-state index in [0.717, 1.165) is 6.26 Å². The molecule has 0 spiro atoms. The minimum atomic E-state index is -3.29. The number of rotatable bonds is 4. The van der Waals surface area contributed by atoms with Gasteiger partial charge in [-0.25, -0.2) is 21.1 Å². The van der Waals surface area contributed by atoms with Crippen LogP contribution in [0.25, 0.3) is 0 Å². The number of sulfone groups is 1. The quantitative estimate of drug-likeness (QED) is 0.814. The van der Waals surface area contributed by atoms with Gasteiger partial charge in [-0.15, -0.1) is 0 Å². The van der Waals surface area contributed by atoms with Gasteiger partial charge in [-0.3, -0.25) is 0 Å². The first-order valence-corrected chi connectivity index (χ1v) is 9.54. The lowest BCUT2D eigenvalue weighted by Gasteiger charge is -2.29. The smallest absolute Gasteiger partial charge is 0.211 e. The highest BCUT2D eigenvalue weighted by molar-refractivity contribution is 7.91. The first-order valence-electron chi connectivity index (χ1n) is 5.98. The molecule has 2 heterocycles. The van der Waals surface area contributed by atoms with E-state index < -0.39 is 25.1 Å². The van der Waals surface area contributed by atoms with Crippen molar-refractivity contribution >= 4 is 19.9 Å². The number of sulfonamides is 1. The predicted molar refractivity (Wildman–Crippen MR) is 70.8 cm³/mol. The Morgan fingerprint density at radius 2 is 1.89 bits per heavy atom. The highest BCUT2D eigenvalue weighted by Crippen LogP contribution is 2.22. The van der Waals surface area contributed by atoms with Crippen molar-refractivity contribution in [3.05, 3.63) is 24.2 Å². The van der Waals surface area contributed by atoms with Crippen LogP contribution in [-0.4, -0.2) is 45.7 Å². The third kappa shape index (κ3) is 3.58. The molecule has 19 heavy (non-hydrogen) atoms. The Labute approximate surface area is 113 Å². The number of hydrogen-bond acceptors (Lipinski definition) is 5. The maximum Gasteiger partial charge on any atom is 0.211 e. The summed E-state index contributed by atoms with van der Waals surface area (Å²) in [6.45, 7) is 0.530. The molecule has 0 N–H and O–H groups in total. The van der Waals surface area contributed by atoms with Crippen LogP contribution >= 0.6 is 0 Å². The first kappa shape index (κ1) is 14.5. The normalized spacial score (nSPS) is 19.6. The molecule has 0 aliphatic carbocycles. The molecule has 1 aromatic rings. The van der Waals surface area contributed by atoms with E-state index in [2.05, 4.69) is 0 Å². The molecule has 0 bridgehead atoms. The molecule has 0 unspecified atom stereocenters. The molecule has 8 heteroatoms. The van der Waals surface area contributed by atoms with Crippen LogP contribution in [0.4, 0.5) is 0 Å². The number of hydrogen-bond donors (Lipinski definition) is 0. The molecule has 0 amide bonds. The number of nitrogens with zero attached hydrogens (tertiary/aromatic N) is 1. The Morgan fingerprint density at radius 1 is 1.26 bits per heavy atom. The molecular weight excluding hydrogens is 290 g/mol. The summed E-state index contributed by atoms with van der Waals surface area (Å²) in [6.07, 6.45) is 3.27. The standard InChI is InChI=1S/C11H17NO5S2/c1-18(13,14)12-6-4-11(5-7-12)19(15,16)9-10-3-2-8-17-10/h2-3,8,11H,4-7,9H2,1H3. The van der Waals surface area contributed by atoms with Crippen LogP contribution in [0.15, 0.2) is 22.8 Å². The Balaban J connectivity index is 2.01. The summed E-state index contributed by atoms with van der Waals surface area (Å²) in [5.74, 6) is 0.300. The fourth-order valence-electron chi connectivity index (χ4n) is 2.23. The van der Waals surface area contributed by atoms with Crippen molar-refractivity contribution in [2.24, 2.45) is 0 Å². The predicted octanol–water partition coefficient (Wildman–Crippen LogP) is 0.618. The third-order valence-corrected chi connectivity index (χ3v) is 6.78. The van der Waals surface area contributed by atoms with Crippen LogP contribution in [0.5, 0.6) is 0 Å². The van der Waals surface area contributed by atoms with Crippen LogP contribution in [0.3, 0.4) is 0 Å². The zero-order chi connectivity index (χ0) is 14.1. The van der Waals surface area contributed by atoms with Gasteiger partial charge >= 0.3 is 0 Å². The molecule has 1 aliphatic heterocycles. The van der Waals surface area contributed by atoms with Gasteiger partial charge in [-0.1, -0.05) is 0 Å². The van der Waals surface area contributed by atoms with Crippen molar-refractivity contribution in [1.29, 1.82) is 0 Å². The van der Waals surface area contributed by atoms with Crippen LogP contribution < -0.4 is 0 Å². The van der Waals surface area contributed by atoms with Gasteiger partial charge in [0.1, 0.15) is 11.5 Å². The van der Waals surface area contributed by atoms with Gasteiger partial charge in [0.05, 0.1) is 17.8 Å². The Hall–Kier alpha value is -0.860.